The highest BCUT2D eigenvalue weighted by atomic mass is 32.2. The molecule has 0 radical (unpaired) electrons. The molecular formula is C10H10N2O5S2. The largest absolute Gasteiger partial charge is 0.476 e. The lowest BCUT2D eigenvalue weighted by molar-refractivity contribution is 0.0687. The van der Waals surface area contributed by atoms with Crippen LogP contribution in [0.5, 0.6) is 0 Å². The summed E-state index contributed by atoms with van der Waals surface area (Å²) in [5.74, 6) is -0.947. The maximum absolute atomic E-state index is 12.1. The predicted molar refractivity (Wildman–Crippen MR) is 66.5 cm³/mol. The predicted octanol–water partition coefficient (Wildman–Crippen LogP) is 1.47. The van der Waals surface area contributed by atoms with Gasteiger partial charge in [-0.3, -0.25) is 0 Å². The number of nitrogens with one attached hydrogen (secondary N) is 1. The van der Waals surface area contributed by atoms with E-state index >= 15 is 0 Å². The molecule has 2 rings (SSSR count). The number of aromatic nitrogens is 1. The monoisotopic (exact) mass is 302 g/mol. The number of carboxylic acid groups (broad SMARTS) is 1. The van der Waals surface area contributed by atoms with Crippen LogP contribution in [0, 0.1) is 0 Å². The first-order valence-corrected chi connectivity index (χ1v) is 7.50. The van der Waals surface area contributed by atoms with E-state index in [4.69, 9.17) is 9.52 Å². The molecule has 7 nitrogen and oxygen atoms in total. The topological polar surface area (TPSA) is 110 Å². The Morgan fingerprint density at radius 1 is 1.58 bits per heavy atom. The van der Waals surface area contributed by atoms with Crippen LogP contribution in [0.15, 0.2) is 32.5 Å². The molecule has 2 N–H and O–H groups in total. The molecule has 0 unspecified atom stereocenters. The minimum atomic E-state index is -3.95. The summed E-state index contributed by atoms with van der Waals surface area (Å²) in [6, 6.07) is 2.65. The van der Waals surface area contributed by atoms with E-state index in [9.17, 15) is 13.2 Å². The Morgan fingerprint density at radius 2 is 2.32 bits per heavy atom. The van der Waals surface area contributed by atoms with Crippen LogP contribution in [-0.2, 0) is 10.0 Å². The summed E-state index contributed by atoms with van der Waals surface area (Å²) in [4.78, 5) is 14.4. The van der Waals surface area contributed by atoms with Crippen LogP contribution in [0.4, 0.5) is 0 Å². The number of carbonyl (C=O) groups is 1. The van der Waals surface area contributed by atoms with Crippen LogP contribution in [-0.4, -0.2) is 24.5 Å². The third-order valence-electron chi connectivity index (χ3n) is 2.28. The van der Waals surface area contributed by atoms with Crippen molar-refractivity contribution in [1.29, 1.82) is 0 Å². The van der Waals surface area contributed by atoms with E-state index in [0.717, 1.165) is 11.3 Å². The van der Waals surface area contributed by atoms with E-state index in [2.05, 4.69) is 9.71 Å². The molecule has 9 heteroatoms. The lowest BCUT2D eigenvalue weighted by Gasteiger charge is -2.10. The highest BCUT2D eigenvalue weighted by Gasteiger charge is 2.27. The van der Waals surface area contributed by atoms with Gasteiger partial charge < -0.3 is 9.52 Å². The number of hydrogen-bond donors (Lipinski definition) is 2. The molecule has 2 heterocycles. The first kappa shape index (κ1) is 13.7. The first-order chi connectivity index (χ1) is 8.92. The van der Waals surface area contributed by atoms with Crippen molar-refractivity contribution in [3.63, 3.8) is 0 Å². The Kier molecular flexibility index (Phi) is 3.69. The smallest absolute Gasteiger partial charge is 0.356 e. The summed E-state index contributed by atoms with van der Waals surface area (Å²) in [7, 11) is -3.95. The van der Waals surface area contributed by atoms with Gasteiger partial charge in [0.25, 0.3) is 10.0 Å². The van der Waals surface area contributed by atoms with Gasteiger partial charge >= 0.3 is 5.97 Å². The molecule has 19 heavy (non-hydrogen) atoms. The van der Waals surface area contributed by atoms with Crippen molar-refractivity contribution in [1.82, 2.24) is 9.71 Å². The van der Waals surface area contributed by atoms with E-state index in [-0.39, 0.29) is 4.21 Å². The van der Waals surface area contributed by atoms with Crippen LogP contribution >= 0.6 is 11.3 Å². The van der Waals surface area contributed by atoms with Crippen LogP contribution in [0.1, 0.15) is 29.2 Å². The summed E-state index contributed by atoms with van der Waals surface area (Å²) in [6.45, 7) is 1.60. The van der Waals surface area contributed by atoms with Gasteiger partial charge in [0.15, 0.2) is 9.90 Å². The zero-order chi connectivity index (χ0) is 14.0. The number of nitrogens with zero attached hydrogens (tertiary/aromatic N) is 1. The molecule has 0 amide bonds. The van der Waals surface area contributed by atoms with E-state index in [1.165, 1.54) is 11.8 Å². The highest BCUT2D eigenvalue weighted by Crippen LogP contribution is 2.23. The lowest BCUT2D eigenvalue weighted by Crippen LogP contribution is -2.27. The fraction of sp³-hybridized carbons (Fsp3) is 0.200. The summed E-state index contributed by atoms with van der Waals surface area (Å²) in [6.07, 6.45) is 1.43. The molecule has 0 saturated carbocycles. The maximum atomic E-state index is 12.1. The van der Waals surface area contributed by atoms with Gasteiger partial charge in [-0.05, 0) is 19.1 Å². The number of sulfonamides is 1. The summed E-state index contributed by atoms with van der Waals surface area (Å²) in [5, 5.41) is 8.87. The normalized spacial score (nSPS) is 13.3. The van der Waals surface area contributed by atoms with Crippen molar-refractivity contribution in [3.05, 3.63) is 35.4 Å². The van der Waals surface area contributed by atoms with Gasteiger partial charge in [0, 0.05) is 0 Å². The molecule has 2 aromatic heterocycles. The second-order valence-electron chi connectivity index (χ2n) is 3.65. The van der Waals surface area contributed by atoms with Gasteiger partial charge in [0.05, 0.1) is 17.8 Å². The molecule has 0 aromatic carbocycles. The SMILES string of the molecule is C[C@H](NS(=O)(=O)c1scnc1C(=O)O)c1ccco1. The van der Waals surface area contributed by atoms with E-state index in [1.807, 2.05) is 0 Å². The van der Waals surface area contributed by atoms with Gasteiger partial charge in [0.2, 0.25) is 0 Å². The number of hydrogen-bond acceptors (Lipinski definition) is 6. The molecule has 1 atom stereocenters. The third kappa shape index (κ3) is 2.83. The zero-order valence-corrected chi connectivity index (χ0v) is 11.4. The molecule has 0 aliphatic heterocycles. The third-order valence-corrected chi connectivity index (χ3v) is 5.19. The van der Waals surface area contributed by atoms with E-state index < -0.39 is 27.7 Å². The minimum Gasteiger partial charge on any atom is -0.476 e. The van der Waals surface area contributed by atoms with Crippen molar-refractivity contribution >= 4 is 27.3 Å². The molecule has 0 saturated heterocycles. The Balaban J connectivity index is 2.28. The fourth-order valence-corrected chi connectivity index (χ4v) is 3.82. The second kappa shape index (κ2) is 5.11. The van der Waals surface area contributed by atoms with Crippen molar-refractivity contribution in [2.75, 3.05) is 0 Å². The standard InChI is InChI=1S/C10H10N2O5S2/c1-6(7-3-2-4-17-7)12-19(15,16)10-8(9(13)14)11-5-18-10/h2-6,12H,1H3,(H,13,14)/t6-/m0/s1. The van der Waals surface area contributed by atoms with Crippen molar-refractivity contribution in [2.24, 2.45) is 0 Å². The Hall–Kier alpha value is -1.71. The molecule has 102 valence electrons. The number of aromatic carboxylic acids is 1. The molecular weight excluding hydrogens is 292 g/mol. The Bertz CT molecular complexity index is 675. The average Bonchev–Trinajstić information content (AvgIpc) is 3.00. The summed E-state index contributed by atoms with van der Waals surface area (Å²) < 4.78 is 31.3. The Labute approximate surface area is 113 Å². The Morgan fingerprint density at radius 3 is 2.89 bits per heavy atom. The number of thiazole rings is 1. The average molecular weight is 302 g/mol. The maximum Gasteiger partial charge on any atom is 0.356 e. The molecule has 0 bridgehead atoms. The first-order valence-electron chi connectivity index (χ1n) is 5.14. The quantitative estimate of drug-likeness (QED) is 0.865. The number of furan rings is 1. The minimum absolute atomic E-state index is 0.321. The van der Waals surface area contributed by atoms with Gasteiger partial charge in [-0.25, -0.2) is 18.2 Å². The lowest BCUT2D eigenvalue weighted by atomic mass is 10.3. The highest BCUT2D eigenvalue weighted by molar-refractivity contribution is 7.91. The van der Waals surface area contributed by atoms with Crippen LogP contribution in [0.25, 0.3) is 0 Å². The van der Waals surface area contributed by atoms with Crippen molar-refractivity contribution in [2.45, 2.75) is 17.2 Å². The van der Waals surface area contributed by atoms with Gasteiger partial charge in [-0.2, -0.15) is 4.72 Å². The van der Waals surface area contributed by atoms with Crippen LogP contribution < -0.4 is 4.72 Å². The second-order valence-corrected chi connectivity index (χ2v) is 6.42. The molecule has 0 fully saturated rings. The van der Waals surface area contributed by atoms with Crippen molar-refractivity contribution < 1.29 is 22.7 Å². The fourth-order valence-electron chi connectivity index (χ4n) is 1.45. The van der Waals surface area contributed by atoms with E-state index in [1.54, 1.807) is 19.1 Å². The zero-order valence-electron chi connectivity index (χ0n) is 9.73. The van der Waals surface area contributed by atoms with Crippen molar-refractivity contribution in [3.8, 4) is 0 Å². The van der Waals surface area contributed by atoms with Gasteiger partial charge in [0.1, 0.15) is 5.76 Å². The summed E-state index contributed by atoms with van der Waals surface area (Å²) >= 11 is 0.751. The van der Waals surface area contributed by atoms with Gasteiger partial charge in [-0.15, -0.1) is 11.3 Å². The van der Waals surface area contributed by atoms with Gasteiger partial charge in [-0.1, -0.05) is 0 Å². The molecule has 0 aliphatic carbocycles. The molecule has 0 aliphatic rings. The number of rotatable bonds is 5. The molecule has 0 spiro atoms. The van der Waals surface area contributed by atoms with Crippen LogP contribution in [0.3, 0.4) is 0 Å². The number of carboxylic acids is 1. The molecule has 2 aromatic rings. The van der Waals surface area contributed by atoms with Crippen LogP contribution in [0.2, 0.25) is 0 Å². The van der Waals surface area contributed by atoms with E-state index in [0.29, 0.717) is 5.76 Å². The summed E-state index contributed by atoms with van der Waals surface area (Å²) in [5.41, 5.74) is 0.694.